The van der Waals surface area contributed by atoms with E-state index in [0.717, 1.165) is 24.8 Å². The molecule has 2 rings (SSSR count). The second-order valence-electron chi connectivity index (χ2n) is 4.60. The van der Waals surface area contributed by atoms with Crippen molar-refractivity contribution in [2.24, 2.45) is 0 Å². The lowest BCUT2D eigenvalue weighted by Gasteiger charge is -2.31. The van der Waals surface area contributed by atoms with Gasteiger partial charge < -0.3 is 9.80 Å². The van der Waals surface area contributed by atoms with Crippen molar-refractivity contribution in [3.8, 4) is 0 Å². The van der Waals surface area contributed by atoms with Gasteiger partial charge in [0.05, 0.1) is 5.69 Å². The van der Waals surface area contributed by atoms with E-state index in [1.165, 1.54) is 18.8 Å². The maximum atomic E-state index is 4.61. The minimum absolute atomic E-state index is 0.998. The van der Waals surface area contributed by atoms with Gasteiger partial charge in [-0.2, -0.15) is 0 Å². The van der Waals surface area contributed by atoms with Crippen molar-refractivity contribution in [3.63, 3.8) is 0 Å². The Balaban J connectivity index is 1.88. The molecule has 1 aromatic rings. The molecule has 90 valence electrons. The first-order valence-electron chi connectivity index (χ1n) is 5.68. The van der Waals surface area contributed by atoms with Crippen molar-refractivity contribution < 1.29 is 0 Å². The summed E-state index contributed by atoms with van der Waals surface area (Å²) >= 11 is 1.72. The maximum Gasteiger partial charge on any atom is 0.185 e. The summed E-state index contributed by atoms with van der Waals surface area (Å²) < 4.78 is 0. The smallest absolute Gasteiger partial charge is 0.185 e. The van der Waals surface area contributed by atoms with Crippen LogP contribution in [0.1, 0.15) is 5.69 Å². The summed E-state index contributed by atoms with van der Waals surface area (Å²) in [5.74, 6) is 0. The lowest BCUT2D eigenvalue weighted by Crippen LogP contribution is -2.43. The lowest BCUT2D eigenvalue weighted by atomic mass is 10.3. The Bertz CT molecular complexity index is 328. The molecule has 0 aromatic carbocycles. The number of likely N-dealkylation sites (N-methyl/N-ethyl adjacent to an activating group) is 1. The molecule has 0 atom stereocenters. The van der Waals surface area contributed by atoms with E-state index in [4.69, 9.17) is 0 Å². The minimum atomic E-state index is 0.998. The quantitative estimate of drug-likeness (QED) is 0.785. The summed E-state index contributed by atoms with van der Waals surface area (Å²) in [7, 11) is 6.27. The fourth-order valence-corrected chi connectivity index (χ4v) is 2.56. The number of nitrogens with zero attached hydrogens (tertiary/aromatic N) is 4. The van der Waals surface area contributed by atoms with Crippen LogP contribution in [-0.2, 0) is 6.54 Å². The Morgan fingerprint density at radius 3 is 2.56 bits per heavy atom. The predicted octanol–water partition coefficient (Wildman–Crippen LogP) is 0.956. The predicted molar refractivity (Wildman–Crippen MR) is 69.2 cm³/mol. The number of rotatable bonds is 3. The Kier molecular flexibility index (Phi) is 3.78. The molecular weight excluding hydrogens is 220 g/mol. The molecule has 1 saturated heterocycles. The van der Waals surface area contributed by atoms with Gasteiger partial charge in [-0.3, -0.25) is 4.90 Å². The van der Waals surface area contributed by atoms with Gasteiger partial charge >= 0.3 is 0 Å². The van der Waals surface area contributed by atoms with Gasteiger partial charge in [0.15, 0.2) is 5.13 Å². The van der Waals surface area contributed by atoms with E-state index in [0.29, 0.717) is 0 Å². The van der Waals surface area contributed by atoms with Gasteiger partial charge in [-0.1, -0.05) is 0 Å². The summed E-state index contributed by atoms with van der Waals surface area (Å²) in [5.41, 5.74) is 1.21. The van der Waals surface area contributed by atoms with E-state index in [9.17, 15) is 0 Å². The van der Waals surface area contributed by atoms with Crippen LogP contribution in [0, 0.1) is 0 Å². The highest BCUT2D eigenvalue weighted by molar-refractivity contribution is 7.13. The van der Waals surface area contributed by atoms with Crippen LogP contribution in [0.5, 0.6) is 0 Å². The highest BCUT2D eigenvalue weighted by Gasteiger charge is 2.15. The molecule has 0 spiro atoms. The van der Waals surface area contributed by atoms with E-state index in [1.54, 1.807) is 11.3 Å². The van der Waals surface area contributed by atoms with E-state index < -0.39 is 0 Å². The largest absolute Gasteiger partial charge is 0.354 e. The first kappa shape index (κ1) is 11.8. The van der Waals surface area contributed by atoms with Crippen molar-refractivity contribution >= 4 is 16.5 Å². The number of piperazine rings is 1. The third-order valence-electron chi connectivity index (χ3n) is 2.90. The van der Waals surface area contributed by atoms with Crippen LogP contribution in [0.25, 0.3) is 0 Å². The fraction of sp³-hybridized carbons (Fsp3) is 0.727. The monoisotopic (exact) mass is 240 g/mol. The summed E-state index contributed by atoms with van der Waals surface area (Å²) in [6.07, 6.45) is 0. The number of aromatic nitrogens is 1. The molecule has 16 heavy (non-hydrogen) atoms. The standard InChI is InChI=1S/C11H20N4S/c1-13(2)11-12-10(9-16-11)8-15-6-4-14(3)5-7-15/h9H,4-8H2,1-3H3. The molecule has 2 heterocycles. The van der Waals surface area contributed by atoms with Gasteiger partial charge in [-0.25, -0.2) is 4.98 Å². The van der Waals surface area contributed by atoms with Crippen LogP contribution < -0.4 is 4.90 Å². The van der Waals surface area contributed by atoms with Crippen molar-refractivity contribution in [1.82, 2.24) is 14.8 Å². The third-order valence-corrected chi connectivity index (χ3v) is 3.96. The molecule has 1 aliphatic rings. The SMILES string of the molecule is CN1CCN(Cc2csc(N(C)C)n2)CC1. The van der Waals surface area contributed by atoms with Crippen LogP contribution in [0.4, 0.5) is 5.13 Å². The Hall–Kier alpha value is -0.650. The highest BCUT2D eigenvalue weighted by atomic mass is 32.1. The molecule has 0 unspecified atom stereocenters. The molecule has 1 aromatic heterocycles. The van der Waals surface area contributed by atoms with Gasteiger partial charge in [0.2, 0.25) is 0 Å². The third kappa shape index (κ3) is 2.93. The van der Waals surface area contributed by atoms with E-state index in [-0.39, 0.29) is 0 Å². The molecular formula is C11H20N4S. The average Bonchev–Trinajstić information content (AvgIpc) is 2.70. The molecule has 0 saturated carbocycles. The van der Waals surface area contributed by atoms with Crippen LogP contribution in [-0.4, -0.2) is 62.1 Å². The highest BCUT2D eigenvalue weighted by Crippen LogP contribution is 2.19. The normalized spacial score (nSPS) is 18.9. The number of anilines is 1. The van der Waals surface area contributed by atoms with Crippen LogP contribution in [0.2, 0.25) is 0 Å². The van der Waals surface area contributed by atoms with E-state index in [2.05, 4.69) is 32.1 Å². The topological polar surface area (TPSA) is 22.6 Å². The molecule has 0 N–H and O–H groups in total. The molecule has 1 aliphatic heterocycles. The second kappa shape index (κ2) is 5.12. The summed E-state index contributed by atoms with van der Waals surface area (Å²) in [4.78, 5) is 11.5. The molecule has 0 bridgehead atoms. The molecule has 5 heteroatoms. The van der Waals surface area contributed by atoms with Gasteiger partial charge in [0.1, 0.15) is 0 Å². The Morgan fingerprint density at radius 2 is 2.00 bits per heavy atom. The Labute approximate surface area is 101 Å². The number of hydrogen-bond acceptors (Lipinski definition) is 5. The summed E-state index contributed by atoms with van der Waals surface area (Å²) in [6, 6.07) is 0. The van der Waals surface area contributed by atoms with Crippen LogP contribution >= 0.6 is 11.3 Å². The fourth-order valence-electron chi connectivity index (χ4n) is 1.81. The van der Waals surface area contributed by atoms with Gasteiger partial charge in [0.25, 0.3) is 0 Å². The zero-order chi connectivity index (χ0) is 11.5. The van der Waals surface area contributed by atoms with Crippen molar-refractivity contribution in [1.29, 1.82) is 0 Å². The zero-order valence-electron chi connectivity index (χ0n) is 10.3. The molecule has 1 fully saturated rings. The van der Waals surface area contributed by atoms with E-state index in [1.807, 2.05) is 14.1 Å². The number of thiazole rings is 1. The molecule has 0 aliphatic carbocycles. The van der Waals surface area contributed by atoms with Gasteiger partial charge in [-0.15, -0.1) is 11.3 Å². The first-order chi connectivity index (χ1) is 7.65. The van der Waals surface area contributed by atoms with Crippen LogP contribution in [0.15, 0.2) is 5.38 Å². The first-order valence-corrected chi connectivity index (χ1v) is 6.56. The second-order valence-corrected chi connectivity index (χ2v) is 5.43. The minimum Gasteiger partial charge on any atom is -0.354 e. The van der Waals surface area contributed by atoms with Crippen molar-refractivity contribution in [2.75, 3.05) is 52.2 Å². The molecule has 0 radical (unpaired) electrons. The van der Waals surface area contributed by atoms with Crippen LogP contribution in [0.3, 0.4) is 0 Å². The van der Waals surface area contributed by atoms with E-state index >= 15 is 0 Å². The molecule has 0 amide bonds. The van der Waals surface area contributed by atoms with Crippen molar-refractivity contribution in [3.05, 3.63) is 11.1 Å². The average molecular weight is 240 g/mol. The van der Waals surface area contributed by atoms with Gasteiger partial charge in [-0.05, 0) is 7.05 Å². The maximum absolute atomic E-state index is 4.61. The summed E-state index contributed by atoms with van der Waals surface area (Å²) in [5, 5.41) is 3.28. The van der Waals surface area contributed by atoms with Crippen molar-refractivity contribution in [2.45, 2.75) is 6.54 Å². The molecule has 4 nitrogen and oxygen atoms in total. The van der Waals surface area contributed by atoms with Gasteiger partial charge in [0, 0.05) is 52.2 Å². The Morgan fingerprint density at radius 1 is 1.31 bits per heavy atom. The summed E-state index contributed by atoms with van der Waals surface area (Å²) in [6.45, 7) is 5.66. The lowest BCUT2D eigenvalue weighted by molar-refractivity contribution is 0.147. The number of hydrogen-bond donors (Lipinski definition) is 0. The zero-order valence-corrected chi connectivity index (χ0v) is 11.1.